The number of nitrogens with zero attached hydrogens (tertiary/aromatic N) is 3. The lowest BCUT2D eigenvalue weighted by Crippen LogP contribution is -2.35. The topological polar surface area (TPSA) is 54.0 Å². The summed E-state index contributed by atoms with van der Waals surface area (Å²) in [6.07, 6.45) is 2.76. The van der Waals surface area contributed by atoms with Gasteiger partial charge < -0.3 is 9.72 Å². The van der Waals surface area contributed by atoms with Gasteiger partial charge in [0.15, 0.2) is 5.65 Å². The number of morpholine rings is 1. The van der Waals surface area contributed by atoms with E-state index in [4.69, 9.17) is 4.74 Å². The number of hydrogen-bond donors (Lipinski definition) is 1. The molecule has 2 aromatic heterocycles. The van der Waals surface area contributed by atoms with Gasteiger partial charge in [0.2, 0.25) is 0 Å². The summed E-state index contributed by atoms with van der Waals surface area (Å²) < 4.78 is 6.43. The first-order chi connectivity index (χ1) is 12.2. The van der Waals surface area contributed by atoms with Gasteiger partial charge in [-0.05, 0) is 33.5 Å². The molecule has 0 radical (unpaired) electrons. The van der Waals surface area contributed by atoms with Crippen molar-refractivity contribution in [3.05, 3.63) is 46.1 Å². The minimum absolute atomic E-state index is 0.771. The highest BCUT2D eigenvalue weighted by molar-refractivity contribution is 9.10. The number of aromatic amines is 1. The van der Waals surface area contributed by atoms with E-state index in [1.165, 1.54) is 11.1 Å². The second-order valence-corrected chi connectivity index (χ2v) is 7.16. The van der Waals surface area contributed by atoms with Gasteiger partial charge in [-0.1, -0.05) is 31.2 Å². The summed E-state index contributed by atoms with van der Waals surface area (Å²) in [7, 11) is 0. The molecule has 4 rings (SSSR count). The molecule has 1 aromatic carbocycles. The number of ether oxygens (including phenoxy) is 1. The first-order valence-electron chi connectivity index (χ1n) is 8.67. The van der Waals surface area contributed by atoms with E-state index >= 15 is 0 Å². The molecule has 0 saturated carbocycles. The molecule has 1 saturated heterocycles. The Kier molecular flexibility index (Phi) is 4.83. The number of hydrogen-bond acceptors (Lipinski definition) is 4. The molecule has 5 nitrogen and oxygen atoms in total. The Hall–Kier alpha value is -1.76. The van der Waals surface area contributed by atoms with Crippen LogP contribution in [0.2, 0.25) is 0 Å². The Balaban J connectivity index is 1.58. The van der Waals surface area contributed by atoms with Gasteiger partial charge in [-0.25, -0.2) is 9.97 Å². The first kappa shape index (κ1) is 16.7. The van der Waals surface area contributed by atoms with Crippen LogP contribution in [0.4, 0.5) is 0 Å². The highest BCUT2D eigenvalue weighted by Gasteiger charge is 2.13. The smallest absolute Gasteiger partial charge is 0.178 e. The number of imidazole rings is 1. The van der Waals surface area contributed by atoms with Crippen molar-refractivity contribution in [2.75, 3.05) is 26.3 Å². The number of H-pyrrole nitrogens is 1. The summed E-state index contributed by atoms with van der Waals surface area (Å²) in [6.45, 7) is 6.79. The summed E-state index contributed by atoms with van der Waals surface area (Å²) >= 11 is 3.58. The number of nitrogens with one attached hydrogen (secondary N) is 1. The van der Waals surface area contributed by atoms with Crippen LogP contribution in [0, 0.1) is 0 Å². The van der Waals surface area contributed by atoms with E-state index in [2.05, 4.69) is 67.0 Å². The Labute approximate surface area is 155 Å². The van der Waals surface area contributed by atoms with Crippen molar-refractivity contribution in [1.82, 2.24) is 19.9 Å². The molecule has 1 aliphatic rings. The van der Waals surface area contributed by atoms with E-state index in [-0.39, 0.29) is 0 Å². The van der Waals surface area contributed by atoms with Crippen LogP contribution in [0.5, 0.6) is 0 Å². The Morgan fingerprint density at radius 3 is 2.68 bits per heavy atom. The zero-order chi connectivity index (χ0) is 17.2. The summed E-state index contributed by atoms with van der Waals surface area (Å²) in [5.74, 6) is 0.869. The van der Waals surface area contributed by atoms with E-state index in [1.807, 2.05) is 6.20 Å². The minimum Gasteiger partial charge on any atom is -0.379 e. The minimum atomic E-state index is 0.771. The van der Waals surface area contributed by atoms with Crippen LogP contribution in [0.3, 0.4) is 0 Å². The summed E-state index contributed by atoms with van der Waals surface area (Å²) in [5, 5.41) is 0. The molecule has 3 aromatic rings. The van der Waals surface area contributed by atoms with E-state index in [0.717, 1.165) is 66.3 Å². The normalized spacial score (nSPS) is 15.8. The van der Waals surface area contributed by atoms with Gasteiger partial charge in [0.05, 0.1) is 18.7 Å². The summed E-state index contributed by atoms with van der Waals surface area (Å²) in [6, 6.07) is 8.63. The van der Waals surface area contributed by atoms with Crippen LogP contribution in [-0.4, -0.2) is 46.2 Å². The average Bonchev–Trinajstić information content (AvgIpc) is 3.07. The molecule has 0 aliphatic carbocycles. The number of benzene rings is 1. The monoisotopic (exact) mass is 400 g/mol. The molecule has 0 amide bonds. The third kappa shape index (κ3) is 3.47. The van der Waals surface area contributed by atoms with Crippen LogP contribution in [0.1, 0.15) is 18.1 Å². The largest absolute Gasteiger partial charge is 0.379 e. The fourth-order valence-corrected chi connectivity index (χ4v) is 3.83. The molecule has 130 valence electrons. The molecular formula is C19H21BrN4O. The van der Waals surface area contributed by atoms with Crippen LogP contribution in [0.15, 0.2) is 34.9 Å². The Bertz CT molecular complexity index is 869. The number of aromatic nitrogens is 3. The fraction of sp³-hybridized carbons (Fsp3) is 0.368. The maximum absolute atomic E-state index is 5.41. The van der Waals surface area contributed by atoms with Crippen LogP contribution in [0.25, 0.3) is 22.6 Å². The zero-order valence-electron chi connectivity index (χ0n) is 14.3. The van der Waals surface area contributed by atoms with Crippen LogP contribution < -0.4 is 0 Å². The van der Waals surface area contributed by atoms with Gasteiger partial charge in [-0.15, -0.1) is 0 Å². The molecule has 6 heteroatoms. The van der Waals surface area contributed by atoms with Crippen LogP contribution in [-0.2, 0) is 17.7 Å². The molecule has 0 spiro atoms. The maximum atomic E-state index is 5.41. The predicted molar refractivity (Wildman–Crippen MR) is 102 cm³/mol. The second kappa shape index (κ2) is 7.23. The molecule has 25 heavy (non-hydrogen) atoms. The van der Waals surface area contributed by atoms with Crippen molar-refractivity contribution >= 4 is 27.1 Å². The van der Waals surface area contributed by atoms with Gasteiger partial charge in [0, 0.05) is 35.9 Å². The third-order valence-electron chi connectivity index (χ3n) is 4.67. The SMILES string of the molecule is CCc1c(Br)cnc2nc(-c3ccc(CN4CCOCC4)cc3)[nH]c12. The van der Waals surface area contributed by atoms with Crippen molar-refractivity contribution in [2.45, 2.75) is 19.9 Å². The molecule has 3 heterocycles. The standard InChI is InChI=1S/C19H21BrN4O/c1-2-15-16(20)11-21-19-17(15)22-18(23-19)14-5-3-13(4-6-14)12-24-7-9-25-10-8-24/h3-6,11H,2,7-10,12H2,1H3,(H,21,22,23). The lowest BCUT2D eigenvalue weighted by molar-refractivity contribution is 0.0342. The van der Waals surface area contributed by atoms with E-state index in [1.54, 1.807) is 0 Å². The van der Waals surface area contributed by atoms with E-state index < -0.39 is 0 Å². The molecule has 0 atom stereocenters. The maximum Gasteiger partial charge on any atom is 0.178 e. The average molecular weight is 401 g/mol. The molecular weight excluding hydrogens is 380 g/mol. The van der Waals surface area contributed by atoms with E-state index in [9.17, 15) is 0 Å². The molecule has 0 unspecified atom stereocenters. The van der Waals surface area contributed by atoms with E-state index in [0.29, 0.717) is 0 Å². The summed E-state index contributed by atoms with van der Waals surface area (Å²) in [5.41, 5.74) is 5.41. The number of rotatable bonds is 4. The second-order valence-electron chi connectivity index (χ2n) is 6.31. The molecule has 1 N–H and O–H groups in total. The van der Waals surface area contributed by atoms with Crippen LogP contribution >= 0.6 is 15.9 Å². The quantitative estimate of drug-likeness (QED) is 0.723. The number of fused-ring (bicyclic) bond motifs is 1. The van der Waals surface area contributed by atoms with Crippen molar-refractivity contribution < 1.29 is 4.74 Å². The van der Waals surface area contributed by atoms with Gasteiger partial charge >= 0.3 is 0 Å². The van der Waals surface area contributed by atoms with Crippen molar-refractivity contribution in [3.8, 4) is 11.4 Å². The van der Waals surface area contributed by atoms with Gasteiger partial charge in [0.25, 0.3) is 0 Å². The lowest BCUT2D eigenvalue weighted by Gasteiger charge is -2.26. The number of aryl methyl sites for hydroxylation is 1. The van der Waals surface area contributed by atoms with Gasteiger partial charge in [-0.2, -0.15) is 0 Å². The Morgan fingerprint density at radius 1 is 1.20 bits per heavy atom. The summed E-state index contributed by atoms with van der Waals surface area (Å²) in [4.78, 5) is 15.0. The van der Waals surface area contributed by atoms with Crippen molar-refractivity contribution in [1.29, 1.82) is 0 Å². The zero-order valence-corrected chi connectivity index (χ0v) is 15.8. The number of pyridine rings is 1. The first-order valence-corrected chi connectivity index (χ1v) is 9.46. The molecule has 0 bridgehead atoms. The number of halogens is 1. The molecule has 1 aliphatic heterocycles. The lowest BCUT2D eigenvalue weighted by atomic mass is 10.1. The van der Waals surface area contributed by atoms with Gasteiger partial charge in [-0.3, -0.25) is 4.90 Å². The highest BCUT2D eigenvalue weighted by Crippen LogP contribution is 2.27. The van der Waals surface area contributed by atoms with Gasteiger partial charge in [0.1, 0.15) is 5.82 Å². The van der Waals surface area contributed by atoms with Crippen molar-refractivity contribution in [2.24, 2.45) is 0 Å². The Morgan fingerprint density at radius 2 is 1.96 bits per heavy atom. The fourth-order valence-electron chi connectivity index (χ4n) is 3.25. The third-order valence-corrected chi connectivity index (χ3v) is 5.35. The molecule has 1 fully saturated rings. The predicted octanol–water partition coefficient (Wildman–Crippen LogP) is 3.78. The highest BCUT2D eigenvalue weighted by atomic mass is 79.9. The van der Waals surface area contributed by atoms with Crippen molar-refractivity contribution in [3.63, 3.8) is 0 Å².